The first-order valence-electron chi connectivity index (χ1n) is 7.76. The number of methoxy groups -OCH3 is 1. The molecule has 1 fully saturated rings. The fourth-order valence-electron chi connectivity index (χ4n) is 2.76. The quantitative estimate of drug-likeness (QED) is 0.783. The highest BCUT2D eigenvalue weighted by Crippen LogP contribution is 2.23. The summed E-state index contributed by atoms with van der Waals surface area (Å²) in [4.78, 5) is 5.45. The van der Waals surface area contributed by atoms with Crippen molar-refractivity contribution in [1.29, 1.82) is 0 Å². The van der Waals surface area contributed by atoms with Gasteiger partial charge in [-0.25, -0.2) is 0 Å². The summed E-state index contributed by atoms with van der Waals surface area (Å²) in [5.74, 6) is 0.688. The van der Waals surface area contributed by atoms with Crippen LogP contribution in [0, 0.1) is 5.92 Å². The first-order chi connectivity index (χ1) is 9.72. The summed E-state index contributed by atoms with van der Waals surface area (Å²) in [6.45, 7) is 9.96. The molecule has 2 rings (SSSR count). The van der Waals surface area contributed by atoms with Crippen LogP contribution in [0.1, 0.15) is 36.4 Å². The van der Waals surface area contributed by atoms with Crippen LogP contribution >= 0.6 is 11.3 Å². The van der Waals surface area contributed by atoms with Gasteiger partial charge in [-0.15, -0.1) is 11.3 Å². The smallest absolute Gasteiger partial charge is 0.0724 e. The molecule has 1 saturated heterocycles. The van der Waals surface area contributed by atoms with Crippen LogP contribution in [0.4, 0.5) is 0 Å². The Hall–Kier alpha value is -0.420. The van der Waals surface area contributed by atoms with Crippen molar-refractivity contribution in [3.05, 3.63) is 21.9 Å². The van der Waals surface area contributed by atoms with E-state index in [9.17, 15) is 0 Å². The van der Waals surface area contributed by atoms with E-state index in [0.29, 0.717) is 12.0 Å². The molecular weight excluding hydrogens is 268 g/mol. The summed E-state index contributed by atoms with van der Waals surface area (Å²) in [7, 11) is 1.84. The van der Waals surface area contributed by atoms with Crippen molar-refractivity contribution in [3.8, 4) is 0 Å². The summed E-state index contributed by atoms with van der Waals surface area (Å²) in [6, 6.07) is 4.55. The maximum Gasteiger partial charge on any atom is 0.0724 e. The molecule has 2 atom stereocenters. The second-order valence-corrected chi connectivity index (χ2v) is 7.07. The molecule has 2 heterocycles. The molecule has 114 valence electrons. The molecule has 1 N–H and O–H groups in total. The number of hydrogen-bond acceptors (Lipinski definition) is 4. The van der Waals surface area contributed by atoms with Crippen molar-refractivity contribution >= 4 is 11.3 Å². The van der Waals surface area contributed by atoms with E-state index in [-0.39, 0.29) is 0 Å². The number of thiophene rings is 1. The number of likely N-dealkylation sites (tertiary alicyclic amines) is 1. The van der Waals surface area contributed by atoms with Crippen molar-refractivity contribution in [3.63, 3.8) is 0 Å². The van der Waals surface area contributed by atoms with E-state index >= 15 is 0 Å². The fraction of sp³-hybridized carbons (Fsp3) is 0.750. The lowest BCUT2D eigenvalue weighted by molar-refractivity contribution is -0.00716. The van der Waals surface area contributed by atoms with Gasteiger partial charge >= 0.3 is 0 Å². The molecular formula is C16H28N2OS. The molecule has 3 nitrogen and oxygen atoms in total. The van der Waals surface area contributed by atoms with E-state index < -0.39 is 0 Å². The van der Waals surface area contributed by atoms with Crippen molar-refractivity contribution in [1.82, 2.24) is 10.2 Å². The zero-order chi connectivity index (χ0) is 14.4. The highest BCUT2D eigenvalue weighted by Gasteiger charge is 2.26. The summed E-state index contributed by atoms with van der Waals surface area (Å²) in [5, 5.41) is 3.47. The van der Waals surface area contributed by atoms with E-state index in [1.807, 2.05) is 18.4 Å². The van der Waals surface area contributed by atoms with Crippen LogP contribution in [0.2, 0.25) is 0 Å². The average molecular weight is 296 g/mol. The maximum absolute atomic E-state index is 5.59. The first-order valence-corrected chi connectivity index (χ1v) is 8.58. The molecule has 4 heteroatoms. The molecule has 0 spiro atoms. The SMILES string of the molecule is CCCNCc1ccc(CN2CCC(C)C(OC)C2)s1. The minimum Gasteiger partial charge on any atom is -0.380 e. The summed E-state index contributed by atoms with van der Waals surface area (Å²) >= 11 is 1.94. The summed E-state index contributed by atoms with van der Waals surface area (Å²) in [5.41, 5.74) is 0. The van der Waals surface area contributed by atoms with E-state index in [0.717, 1.165) is 26.2 Å². The minimum absolute atomic E-state index is 0.398. The zero-order valence-corrected chi connectivity index (χ0v) is 13.8. The zero-order valence-electron chi connectivity index (χ0n) is 13.0. The van der Waals surface area contributed by atoms with Crippen molar-refractivity contribution in [2.75, 3.05) is 26.7 Å². The molecule has 1 aliphatic heterocycles. The van der Waals surface area contributed by atoms with Crippen molar-refractivity contribution in [2.45, 2.75) is 45.9 Å². The lowest BCUT2D eigenvalue weighted by atomic mass is 9.96. The number of nitrogens with zero attached hydrogens (tertiary/aromatic N) is 1. The van der Waals surface area contributed by atoms with Gasteiger partial charge in [0.1, 0.15) is 0 Å². The molecule has 1 aromatic heterocycles. The van der Waals surface area contributed by atoms with Crippen LogP contribution in [0.25, 0.3) is 0 Å². The van der Waals surface area contributed by atoms with Gasteiger partial charge < -0.3 is 10.1 Å². The third-order valence-electron chi connectivity index (χ3n) is 4.10. The van der Waals surface area contributed by atoms with E-state index in [2.05, 4.69) is 36.2 Å². The Kier molecular flexibility index (Phi) is 6.49. The monoisotopic (exact) mass is 296 g/mol. The fourth-order valence-corrected chi connectivity index (χ4v) is 3.79. The summed E-state index contributed by atoms with van der Waals surface area (Å²) in [6.07, 6.45) is 2.84. The third kappa shape index (κ3) is 4.55. The number of ether oxygens (including phenoxy) is 1. The van der Waals surface area contributed by atoms with E-state index in [1.54, 1.807) is 0 Å². The highest BCUT2D eigenvalue weighted by molar-refractivity contribution is 7.11. The van der Waals surface area contributed by atoms with Gasteiger partial charge in [0.05, 0.1) is 6.10 Å². The minimum atomic E-state index is 0.398. The van der Waals surface area contributed by atoms with Gasteiger partial charge in [0.15, 0.2) is 0 Å². The Morgan fingerprint density at radius 2 is 2.20 bits per heavy atom. The van der Waals surface area contributed by atoms with Gasteiger partial charge in [-0.3, -0.25) is 4.90 Å². The Balaban J connectivity index is 1.81. The van der Waals surface area contributed by atoms with Crippen LogP contribution in [0.5, 0.6) is 0 Å². The topological polar surface area (TPSA) is 24.5 Å². The Morgan fingerprint density at radius 3 is 2.95 bits per heavy atom. The molecule has 0 saturated carbocycles. The molecule has 0 aromatic carbocycles. The lowest BCUT2D eigenvalue weighted by Crippen LogP contribution is -2.43. The predicted octanol–water partition coefficient (Wildman–Crippen LogP) is 3.10. The van der Waals surface area contributed by atoms with E-state index in [4.69, 9.17) is 4.74 Å². The molecule has 1 aromatic rings. The second-order valence-electron chi connectivity index (χ2n) is 5.82. The predicted molar refractivity (Wildman–Crippen MR) is 86.2 cm³/mol. The number of rotatable bonds is 7. The van der Waals surface area contributed by atoms with Crippen LogP contribution in [-0.4, -0.2) is 37.7 Å². The third-order valence-corrected chi connectivity index (χ3v) is 5.17. The van der Waals surface area contributed by atoms with Gasteiger partial charge in [0.25, 0.3) is 0 Å². The van der Waals surface area contributed by atoms with Crippen LogP contribution < -0.4 is 5.32 Å². The highest BCUT2D eigenvalue weighted by atomic mass is 32.1. The standard InChI is InChI=1S/C16H28N2OS/c1-4-8-17-10-14-5-6-15(20-14)11-18-9-7-13(2)16(12-18)19-3/h5-6,13,16-17H,4,7-12H2,1-3H3. The Morgan fingerprint density at radius 1 is 1.40 bits per heavy atom. The van der Waals surface area contributed by atoms with Gasteiger partial charge in [0, 0.05) is 36.5 Å². The average Bonchev–Trinajstić information content (AvgIpc) is 2.89. The maximum atomic E-state index is 5.59. The molecule has 0 aliphatic carbocycles. The van der Waals surface area contributed by atoms with Crippen molar-refractivity contribution < 1.29 is 4.74 Å². The lowest BCUT2D eigenvalue weighted by Gasteiger charge is -2.35. The number of hydrogen-bond donors (Lipinski definition) is 1. The second kappa shape index (κ2) is 8.13. The van der Waals surface area contributed by atoms with Gasteiger partial charge in [0.2, 0.25) is 0 Å². The molecule has 0 bridgehead atoms. The van der Waals surface area contributed by atoms with Gasteiger partial charge in [-0.05, 0) is 44.0 Å². The molecule has 2 unspecified atom stereocenters. The van der Waals surface area contributed by atoms with Crippen LogP contribution in [0.15, 0.2) is 12.1 Å². The molecule has 0 amide bonds. The van der Waals surface area contributed by atoms with Crippen LogP contribution in [-0.2, 0) is 17.8 Å². The van der Waals surface area contributed by atoms with Gasteiger partial charge in [-0.2, -0.15) is 0 Å². The van der Waals surface area contributed by atoms with Crippen LogP contribution in [0.3, 0.4) is 0 Å². The number of nitrogens with one attached hydrogen (secondary N) is 1. The molecule has 0 radical (unpaired) electrons. The normalized spacial score (nSPS) is 24.1. The molecule has 20 heavy (non-hydrogen) atoms. The first kappa shape index (κ1) is 16.0. The Labute approximate surface area is 127 Å². The Bertz CT molecular complexity index is 394. The van der Waals surface area contributed by atoms with Crippen molar-refractivity contribution in [2.24, 2.45) is 5.92 Å². The number of piperidine rings is 1. The molecule has 1 aliphatic rings. The van der Waals surface area contributed by atoms with E-state index in [1.165, 1.54) is 29.1 Å². The largest absolute Gasteiger partial charge is 0.380 e. The van der Waals surface area contributed by atoms with Gasteiger partial charge in [-0.1, -0.05) is 13.8 Å². The summed E-state index contributed by atoms with van der Waals surface area (Å²) < 4.78 is 5.59.